The van der Waals surface area contributed by atoms with Gasteiger partial charge in [0.1, 0.15) is 0 Å². The topological polar surface area (TPSA) is 9.23 Å². The van der Waals surface area contributed by atoms with E-state index in [1.54, 1.807) is 0 Å². The monoisotopic (exact) mass is 250 g/mol. The first-order chi connectivity index (χ1) is 7.48. The van der Waals surface area contributed by atoms with Crippen LogP contribution in [0.3, 0.4) is 0 Å². The van der Waals surface area contributed by atoms with Crippen molar-refractivity contribution in [3.8, 4) is 0 Å². The molecule has 0 N–H and O–H groups in total. The first-order valence-corrected chi connectivity index (χ1v) is 5.34. The van der Waals surface area contributed by atoms with Crippen molar-refractivity contribution in [2.24, 2.45) is 0 Å². The molecule has 0 aliphatic carbocycles. The minimum Gasteiger partial charge on any atom is -0.374 e. The van der Waals surface area contributed by atoms with Gasteiger partial charge in [0.05, 0.1) is 11.7 Å². The van der Waals surface area contributed by atoms with Crippen LogP contribution in [0.1, 0.15) is 30.1 Å². The largest absolute Gasteiger partial charge is 0.416 e. The smallest absolute Gasteiger partial charge is 0.374 e. The normalized spacial score (nSPS) is 21.4. The molecule has 16 heavy (non-hydrogen) atoms. The summed E-state index contributed by atoms with van der Waals surface area (Å²) < 4.78 is 43.6. The summed E-state index contributed by atoms with van der Waals surface area (Å²) in [4.78, 5) is 0. The number of benzene rings is 1. The summed E-state index contributed by atoms with van der Waals surface area (Å²) in [5.74, 6) is 0. The summed E-state index contributed by atoms with van der Waals surface area (Å²) in [6.07, 6.45) is -3.41. The number of rotatable bonds is 1. The highest BCUT2D eigenvalue weighted by Gasteiger charge is 2.36. The highest BCUT2D eigenvalue weighted by Crippen LogP contribution is 2.40. The highest BCUT2D eigenvalue weighted by atomic mass is 35.5. The van der Waals surface area contributed by atoms with Crippen LogP contribution >= 0.6 is 11.6 Å². The van der Waals surface area contributed by atoms with Gasteiger partial charge >= 0.3 is 6.18 Å². The van der Waals surface area contributed by atoms with Crippen LogP contribution in [0.5, 0.6) is 0 Å². The lowest BCUT2D eigenvalue weighted by Crippen LogP contribution is -2.11. The van der Waals surface area contributed by atoms with E-state index in [-0.39, 0.29) is 10.6 Å². The second-order valence-electron chi connectivity index (χ2n) is 3.73. The fourth-order valence-corrected chi connectivity index (χ4v) is 2.05. The summed E-state index contributed by atoms with van der Waals surface area (Å²) in [5, 5.41) is 0.0917. The Labute approximate surface area is 96.2 Å². The maximum Gasteiger partial charge on any atom is 0.416 e. The second-order valence-corrected chi connectivity index (χ2v) is 4.17. The minimum absolute atomic E-state index is 0.0917. The maximum absolute atomic E-state index is 12.8. The number of ether oxygens (including phenoxy) is 1. The quantitative estimate of drug-likeness (QED) is 0.725. The lowest BCUT2D eigenvalue weighted by atomic mass is 10.00. The van der Waals surface area contributed by atoms with E-state index in [0.717, 1.165) is 12.5 Å². The van der Waals surface area contributed by atoms with Gasteiger partial charge in [-0.25, -0.2) is 0 Å². The van der Waals surface area contributed by atoms with Crippen molar-refractivity contribution in [3.63, 3.8) is 0 Å². The van der Waals surface area contributed by atoms with Crippen LogP contribution in [0.15, 0.2) is 18.2 Å². The Bertz CT molecular complexity index is 383. The maximum atomic E-state index is 12.8. The Morgan fingerprint density at radius 2 is 2.06 bits per heavy atom. The third kappa shape index (κ3) is 2.33. The molecule has 1 heterocycles. The van der Waals surface area contributed by atoms with Crippen molar-refractivity contribution >= 4 is 11.6 Å². The Hall–Kier alpha value is -0.740. The van der Waals surface area contributed by atoms with Gasteiger partial charge in [-0.3, -0.25) is 0 Å². The molecule has 0 bridgehead atoms. The second kappa shape index (κ2) is 4.26. The zero-order valence-corrected chi connectivity index (χ0v) is 9.11. The fraction of sp³-hybridized carbons (Fsp3) is 0.455. The standard InChI is InChI=1S/C11H10ClF3O/c12-7-3-4-8(10-2-1-5-16-10)9(6-7)11(13,14)15/h3-4,6,10H,1-2,5H2. The molecule has 1 aliphatic rings. The van der Waals surface area contributed by atoms with Crippen LogP contribution in [0.4, 0.5) is 13.2 Å². The van der Waals surface area contributed by atoms with Crippen LogP contribution in [0.25, 0.3) is 0 Å². The van der Waals surface area contributed by atoms with Gasteiger partial charge in [0.2, 0.25) is 0 Å². The summed E-state index contributed by atoms with van der Waals surface area (Å²) in [6.45, 7) is 0.518. The van der Waals surface area contributed by atoms with E-state index in [1.807, 2.05) is 0 Å². The van der Waals surface area contributed by atoms with Crippen LogP contribution in [0, 0.1) is 0 Å². The number of hydrogen-bond donors (Lipinski definition) is 0. The van der Waals surface area contributed by atoms with Crippen molar-refractivity contribution in [3.05, 3.63) is 34.3 Å². The lowest BCUT2D eigenvalue weighted by Gasteiger charge is -2.17. The molecule has 1 atom stereocenters. The summed E-state index contributed by atoms with van der Waals surface area (Å²) in [6, 6.07) is 3.83. The lowest BCUT2D eigenvalue weighted by molar-refractivity contribution is -0.139. The molecule has 0 aromatic heterocycles. The molecule has 2 rings (SSSR count). The van der Waals surface area contributed by atoms with Crippen molar-refractivity contribution in [2.45, 2.75) is 25.1 Å². The SMILES string of the molecule is FC(F)(F)c1cc(Cl)ccc1C1CCCO1. The molecule has 1 saturated heterocycles. The van der Waals surface area contributed by atoms with Gasteiger partial charge in [0, 0.05) is 11.6 Å². The number of hydrogen-bond acceptors (Lipinski definition) is 1. The van der Waals surface area contributed by atoms with Gasteiger partial charge < -0.3 is 4.74 Å². The van der Waals surface area contributed by atoms with Gasteiger partial charge in [0.25, 0.3) is 0 Å². The van der Waals surface area contributed by atoms with Crippen molar-refractivity contribution in [1.82, 2.24) is 0 Å². The third-order valence-electron chi connectivity index (χ3n) is 2.60. The number of alkyl halides is 3. The number of halogens is 4. The molecular formula is C11H10ClF3O. The first-order valence-electron chi connectivity index (χ1n) is 4.97. The van der Waals surface area contributed by atoms with Crippen LogP contribution in [0.2, 0.25) is 5.02 Å². The van der Waals surface area contributed by atoms with E-state index < -0.39 is 17.8 Å². The van der Waals surface area contributed by atoms with E-state index in [2.05, 4.69) is 0 Å². The minimum atomic E-state index is -4.38. The predicted molar refractivity (Wildman–Crippen MR) is 54.4 cm³/mol. The van der Waals surface area contributed by atoms with Crippen molar-refractivity contribution < 1.29 is 17.9 Å². The van der Waals surface area contributed by atoms with E-state index in [1.165, 1.54) is 12.1 Å². The zero-order valence-electron chi connectivity index (χ0n) is 8.35. The first kappa shape index (κ1) is 11.7. The zero-order chi connectivity index (χ0) is 11.8. The van der Waals surface area contributed by atoms with Gasteiger partial charge in [-0.2, -0.15) is 13.2 Å². The van der Waals surface area contributed by atoms with E-state index in [0.29, 0.717) is 13.0 Å². The summed E-state index contributed by atoms with van der Waals surface area (Å²) >= 11 is 5.59. The Morgan fingerprint density at radius 1 is 1.31 bits per heavy atom. The molecule has 1 unspecified atom stereocenters. The van der Waals surface area contributed by atoms with Gasteiger partial charge in [-0.05, 0) is 30.5 Å². The molecule has 1 aromatic carbocycles. The summed E-state index contributed by atoms with van der Waals surface area (Å²) in [5.41, 5.74) is -0.499. The predicted octanol–water partition coefficient (Wildman–Crippen LogP) is 4.21. The fourth-order valence-electron chi connectivity index (χ4n) is 1.88. The Balaban J connectivity index is 2.43. The average Bonchev–Trinajstić information content (AvgIpc) is 2.69. The molecule has 1 aliphatic heterocycles. The van der Waals surface area contributed by atoms with Crippen LogP contribution in [-0.4, -0.2) is 6.61 Å². The van der Waals surface area contributed by atoms with Crippen molar-refractivity contribution in [2.75, 3.05) is 6.61 Å². The van der Waals surface area contributed by atoms with Gasteiger partial charge in [-0.1, -0.05) is 17.7 Å². The highest BCUT2D eigenvalue weighted by molar-refractivity contribution is 6.30. The molecule has 1 aromatic rings. The molecule has 0 spiro atoms. The van der Waals surface area contributed by atoms with Crippen LogP contribution < -0.4 is 0 Å². The van der Waals surface area contributed by atoms with Crippen molar-refractivity contribution in [1.29, 1.82) is 0 Å². The molecule has 88 valence electrons. The van der Waals surface area contributed by atoms with Gasteiger partial charge in [-0.15, -0.1) is 0 Å². The average molecular weight is 251 g/mol. The molecule has 1 nitrogen and oxygen atoms in total. The third-order valence-corrected chi connectivity index (χ3v) is 2.83. The molecular weight excluding hydrogens is 241 g/mol. The van der Waals surface area contributed by atoms with E-state index in [4.69, 9.17) is 16.3 Å². The van der Waals surface area contributed by atoms with Crippen LogP contribution in [-0.2, 0) is 10.9 Å². The molecule has 1 fully saturated rings. The Morgan fingerprint density at radius 3 is 2.62 bits per heavy atom. The van der Waals surface area contributed by atoms with Gasteiger partial charge in [0.15, 0.2) is 0 Å². The molecule has 0 amide bonds. The van der Waals surface area contributed by atoms with E-state index in [9.17, 15) is 13.2 Å². The Kier molecular flexibility index (Phi) is 3.13. The molecule has 0 radical (unpaired) electrons. The van der Waals surface area contributed by atoms with E-state index >= 15 is 0 Å². The molecule has 5 heteroatoms. The summed E-state index contributed by atoms with van der Waals surface area (Å²) in [7, 11) is 0. The molecule has 0 saturated carbocycles.